The van der Waals surface area contributed by atoms with Gasteiger partial charge in [0.1, 0.15) is 5.60 Å². The Hall–Kier alpha value is -1.76. The van der Waals surface area contributed by atoms with Crippen molar-refractivity contribution in [2.75, 3.05) is 13.1 Å². The third-order valence-electron chi connectivity index (χ3n) is 5.19. The summed E-state index contributed by atoms with van der Waals surface area (Å²) in [7, 11) is 0. The van der Waals surface area contributed by atoms with Gasteiger partial charge < -0.3 is 14.7 Å². The number of carbonyl (C=O) groups is 1. The molecule has 0 aromatic heterocycles. The maximum Gasteiger partial charge on any atom is 0.416 e. The molecular weight excluding hydrogens is 347 g/mol. The molecule has 144 valence electrons. The molecule has 3 rings (SSSR count). The fourth-order valence-electron chi connectivity index (χ4n) is 3.97. The van der Waals surface area contributed by atoms with Crippen molar-refractivity contribution in [1.29, 1.82) is 0 Å². The Labute approximate surface area is 150 Å². The minimum absolute atomic E-state index is 0.186. The lowest BCUT2D eigenvalue weighted by molar-refractivity contribution is -0.137. The van der Waals surface area contributed by atoms with E-state index in [1.54, 1.807) is 25.7 Å². The number of halogens is 3. The van der Waals surface area contributed by atoms with Crippen molar-refractivity contribution in [3.05, 3.63) is 35.4 Å². The molecule has 0 radical (unpaired) electrons. The Morgan fingerprint density at radius 3 is 2.19 bits per heavy atom. The molecule has 0 bridgehead atoms. The maximum absolute atomic E-state index is 12.7. The van der Waals surface area contributed by atoms with Gasteiger partial charge in [0.2, 0.25) is 0 Å². The number of carbonyl (C=O) groups excluding carboxylic acids is 1. The fraction of sp³-hybridized carbons (Fsp3) is 0.632. The van der Waals surface area contributed by atoms with Crippen molar-refractivity contribution in [2.45, 2.75) is 57.4 Å². The lowest BCUT2D eigenvalue weighted by atomic mass is 9.76. The van der Waals surface area contributed by atoms with Crippen LogP contribution in [0, 0.1) is 5.41 Å². The second kappa shape index (κ2) is 5.87. The number of rotatable bonds is 1. The second-order valence-corrected chi connectivity index (χ2v) is 8.62. The number of likely N-dealkylation sites (tertiary alicyclic amines) is 1. The molecule has 1 heterocycles. The number of hydrogen-bond donors (Lipinski definition) is 1. The summed E-state index contributed by atoms with van der Waals surface area (Å²) in [6, 6.07) is 4.72. The lowest BCUT2D eigenvalue weighted by Gasteiger charge is -2.48. The van der Waals surface area contributed by atoms with Gasteiger partial charge in [-0.25, -0.2) is 4.79 Å². The normalized spacial score (nSPS) is 25.3. The van der Waals surface area contributed by atoms with Gasteiger partial charge in [-0.15, -0.1) is 0 Å². The predicted molar refractivity (Wildman–Crippen MR) is 89.4 cm³/mol. The van der Waals surface area contributed by atoms with Crippen molar-refractivity contribution in [3.63, 3.8) is 0 Å². The summed E-state index contributed by atoms with van der Waals surface area (Å²) in [4.78, 5) is 13.7. The minimum Gasteiger partial charge on any atom is -0.444 e. The molecule has 1 spiro atoms. The zero-order chi connectivity index (χ0) is 19.4. The molecule has 1 aliphatic heterocycles. The summed E-state index contributed by atoms with van der Waals surface area (Å²) < 4.78 is 43.5. The van der Waals surface area contributed by atoms with E-state index < -0.39 is 22.9 Å². The van der Waals surface area contributed by atoms with E-state index in [9.17, 15) is 23.1 Å². The van der Waals surface area contributed by atoms with E-state index in [0.29, 0.717) is 31.5 Å². The molecule has 1 saturated carbocycles. The minimum atomic E-state index is -4.39. The Balaban J connectivity index is 1.64. The summed E-state index contributed by atoms with van der Waals surface area (Å²) in [6.07, 6.45) is -3.12. The highest BCUT2D eigenvalue weighted by Gasteiger charge is 2.55. The number of aliphatic hydroxyl groups is 1. The van der Waals surface area contributed by atoms with Crippen LogP contribution in [0.1, 0.15) is 51.2 Å². The Bertz CT molecular complexity index is 687. The van der Waals surface area contributed by atoms with Gasteiger partial charge in [0, 0.05) is 18.5 Å². The number of benzene rings is 1. The third kappa shape index (κ3) is 3.68. The van der Waals surface area contributed by atoms with Crippen LogP contribution in [0.25, 0.3) is 0 Å². The van der Waals surface area contributed by atoms with E-state index in [1.807, 2.05) is 0 Å². The molecule has 1 N–H and O–H groups in total. The number of amides is 1. The highest BCUT2D eigenvalue weighted by atomic mass is 19.4. The first kappa shape index (κ1) is 19.0. The maximum atomic E-state index is 12.7. The van der Waals surface area contributed by atoms with Crippen LogP contribution < -0.4 is 0 Å². The molecule has 2 fully saturated rings. The number of alkyl halides is 3. The molecule has 1 aromatic rings. The van der Waals surface area contributed by atoms with E-state index in [0.717, 1.165) is 18.6 Å². The molecule has 1 saturated heterocycles. The van der Waals surface area contributed by atoms with Crippen LogP contribution in [0.5, 0.6) is 0 Å². The van der Waals surface area contributed by atoms with Crippen molar-refractivity contribution in [3.8, 4) is 0 Å². The van der Waals surface area contributed by atoms with Gasteiger partial charge in [0.25, 0.3) is 0 Å². The van der Waals surface area contributed by atoms with Gasteiger partial charge in [-0.1, -0.05) is 12.1 Å². The van der Waals surface area contributed by atoms with Gasteiger partial charge in [0.05, 0.1) is 11.2 Å². The number of nitrogens with zero attached hydrogens (tertiary/aromatic N) is 1. The number of hydrogen-bond acceptors (Lipinski definition) is 3. The van der Waals surface area contributed by atoms with Crippen LogP contribution in [0.15, 0.2) is 24.3 Å². The van der Waals surface area contributed by atoms with E-state index >= 15 is 0 Å². The van der Waals surface area contributed by atoms with E-state index in [1.165, 1.54) is 12.1 Å². The molecule has 2 aliphatic rings. The smallest absolute Gasteiger partial charge is 0.416 e. The first-order valence-electron chi connectivity index (χ1n) is 8.70. The van der Waals surface area contributed by atoms with Gasteiger partial charge in [-0.2, -0.15) is 13.2 Å². The monoisotopic (exact) mass is 371 g/mol. The SMILES string of the molecule is CC(C)(C)OC(=O)N1CC2(CCC(O)(c3ccc(C(F)(F)F)cc3)C2)C1. The Morgan fingerprint density at radius 1 is 1.12 bits per heavy atom. The van der Waals surface area contributed by atoms with Crippen LogP contribution in [0.2, 0.25) is 0 Å². The van der Waals surface area contributed by atoms with Crippen molar-refractivity contribution < 1.29 is 27.8 Å². The second-order valence-electron chi connectivity index (χ2n) is 8.62. The highest BCUT2D eigenvalue weighted by Crippen LogP contribution is 2.54. The first-order chi connectivity index (χ1) is 11.8. The summed E-state index contributed by atoms with van der Waals surface area (Å²) in [5.41, 5.74) is -2.12. The van der Waals surface area contributed by atoms with Gasteiger partial charge >= 0.3 is 12.3 Å². The van der Waals surface area contributed by atoms with Gasteiger partial charge in [-0.05, 0) is 57.7 Å². The Kier molecular flexibility index (Phi) is 4.30. The van der Waals surface area contributed by atoms with Gasteiger partial charge in [0.15, 0.2) is 0 Å². The topological polar surface area (TPSA) is 49.8 Å². The highest BCUT2D eigenvalue weighted by molar-refractivity contribution is 5.69. The molecule has 1 amide bonds. The van der Waals surface area contributed by atoms with E-state index in [2.05, 4.69) is 0 Å². The standard InChI is InChI=1S/C19H24F3NO3/c1-16(2,3)26-15(24)23-11-17(12-23)8-9-18(25,10-17)13-4-6-14(7-5-13)19(20,21)22/h4-7,25H,8-12H2,1-3H3. The molecule has 1 atom stereocenters. The summed E-state index contributed by atoms with van der Waals surface area (Å²) in [5.74, 6) is 0. The molecule has 1 aliphatic carbocycles. The summed E-state index contributed by atoms with van der Waals surface area (Å²) >= 11 is 0. The van der Waals surface area contributed by atoms with Crippen molar-refractivity contribution in [2.24, 2.45) is 5.41 Å². The average molecular weight is 371 g/mol. The predicted octanol–water partition coefficient (Wildman–Crippen LogP) is 4.31. The molecular formula is C19H24F3NO3. The van der Waals surface area contributed by atoms with Crippen LogP contribution in [-0.2, 0) is 16.5 Å². The van der Waals surface area contributed by atoms with Crippen LogP contribution in [-0.4, -0.2) is 34.8 Å². The van der Waals surface area contributed by atoms with Gasteiger partial charge in [-0.3, -0.25) is 0 Å². The first-order valence-corrected chi connectivity index (χ1v) is 8.70. The van der Waals surface area contributed by atoms with E-state index in [4.69, 9.17) is 4.74 Å². The molecule has 1 aromatic carbocycles. The molecule has 1 unspecified atom stereocenters. The zero-order valence-corrected chi connectivity index (χ0v) is 15.2. The average Bonchev–Trinajstić information content (AvgIpc) is 2.83. The Morgan fingerprint density at radius 2 is 1.69 bits per heavy atom. The van der Waals surface area contributed by atoms with Crippen molar-refractivity contribution >= 4 is 6.09 Å². The molecule has 7 heteroatoms. The number of ether oxygens (including phenoxy) is 1. The van der Waals surface area contributed by atoms with Crippen LogP contribution >= 0.6 is 0 Å². The summed E-state index contributed by atoms with van der Waals surface area (Å²) in [6.45, 7) is 6.42. The third-order valence-corrected chi connectivity index (χ3v) is 5.19. The van der Waals surface area contributed by atoms with Crippen LogP contribution in [0.3, 0.4) is 0 Å². The largest absolute Gasteiger partial charge is 0.444 e. The summed E-state index contributed by atoms with van der Waals surface area (Å²) in [5, 5.41) is 11.0. The van der Waals surface area contributed by atoms with Crippen molar-refractivity contribution in [1.82, 2.24) is 4.90 Å². The van der Waals surface area contributed by atoms with Crippen LogP contribution in [0.4, 0.5) is 18.0 Å². The zero-order valence-electron chi connectivity index (χ0n) is 15.2. The lowest BCUT2D eigenvalue weighted by Crippen LogP contribution is -2.58. The fourth-order valence-corrected chi connectivity index (χ4v) is 3.97. The molecule has 26 heavy (non-hydrogen) atoms. The quantitative estimate of drug-likeness (QED) is 0.800. The van der Waals surface area contributed by atoms with E-state index in [-0.39, 0.29) is 11.5 Å². The molecule has 4 nitrogen and oxygen atoms in total.